The van der Waals surface area contributed by atoms with Gasteiger partial charge < -0.3 is 14.8 Å². The van der Waals surface area contributed by atoms with Crippen LogP contribution >= 0.6 is 0 Å². The van der Waals surface area contributed by atoms with Crippen LogP contribution in [-0.4, -0.2) is 50.9 Å². The molecule has 0 amide bonds. The Balaban J connectivity index is 1.71. The molecule has 1 fully saturated rings. The summed E-state index contributed by atoms with van der Waals surface area (Å²) >= 11 is 0. The van der Waals surface area contributed by atoms with Crippen molar-refractivity contribution in [3.05, 3.63) is 29.8 Å². The number of ether oxygens (including phenoxy) is 2. The quantitative estimate of drug-likeness (QED) is 0.828. The van der Waals surface area contributed by atoms with E-state index in [1.807, 2.05) is 19.1 Å². The maximum absolute atomic E-state index is 5.46. The van der Waals surface area contributed by atoms with Gasteiger partial charge >= 0.3 is 0 Å². The predicted octanol–water partition coefficient (Wildman–Crippen LogP) is 2.07. The van der Waals surface area contributed by atoms with Crippen molar-refractivity contribution in [2.45, 2.75) is 19.9 Å². The summed E-state index contributed by atoms with van der Waals surface area (Å²) in [4.78, 5) is 2.45. The number of benzene rings is 1. The number of hydrogen-bond acceptors (Lipinski definition) is 4. The molecule has 1 aliphatic rings. The first-order valence-corrected chi connectivity index (χ1v) is 7.56. The first-order valence-electron chi connectivity index (χ1n) is 7.56. The standard InChI is InChI=1S/C16H26N2O2/c1-3-20-16-6-4-15(5-7-16)14(2)17-8-9-18-10-12-19-13-11-18/h4-7,14,17H,3,8-13H2,1-2H3. The number of hydrogen-bond donors (Lipinski definition) is 1. The Morgan fingerprint density at radius 3 is 2.60 bits per heavy atom. The van der Waals surface area contributed by atoms with Crippen molar-refractivity contribution in [1.29, 1.82) is 0 Å². The molecule has 1 atom stereocenters. The monoisotopic (exact) mass is 278 g/mol. The van der Waals surface area contributed by atoms with Crippen LogP contribution in [0.2, 0.25) is 0 Å². The van der Waals surface area contributed by atoms with E-state index in [-0.39, 0.29) is 0 Å². The van der Waals surface area contributed by atoms with E-state index in [0.717, 1.165) is 45.1 Å². The summed E-state index contributed by atoms with van der Waals surface area (Å²) < 4.78 is 10.8. The second kappa shape index (κ2) is 8.25. The third-order valence-corrected chi connectivity index (χ3v) is 3.67. The van der Waals surface area contributed by atoms with Crippen LogP contribution in [0, 0.1) is 0 Å². The van der Waals surface area contributed by atoms with Gasteiger partial charge in [0.05, 0.1) is 19.8 Å². The lowest BCUT2D eigenvalue weighted by Gasteiger charge is -2.27. The highest BCUT2D eigenvalue weighted by molar-refractivity contribution is 5.28. The second-order valence-electron chi connectivity index (χ2n) is 5.13. The molecule has 1 N–H and O–H groups in total. The highest BCUT2D eigenvalue weighted by atomic mass is 16.5. The Labute approximate surface area is 122 Å². The molecule has 1 unspecified atom stereocenters. The van der Waals surface area contributed by atoms with Crippen LogP contribution in [0.1, 0.15) is 25.5 Å². The molecular formula is C16H26N2O2. The van der Waals surface area contributed by atoms with Crippen molar-refractivity contribution in [2.75, 3.05) is 46.0 Å². The molecule has 0 radical (unpaired) electrons. The Bertz CT molecular complexity index is 375. The summed E-state index contributed by atoms with van der Waals surface area (Å²) in [5.74, 6) is 0.941. The van der Waals surface area contributed by atoms with Crippen molar-refractivity contribution >= 4 is 0 Å². The number of rotatable bonds is 7. The van der Waals surface area contributed by atoms with Gasteiger partial charge in [0.2, 0.25) is 0 Å². The molecule has 112 valence electrons. The summed E-state index contributed by atoms with van der Waals surface area (Å²) in [5.41, 5.74) is 1.30. The van der Waals surface area contributed by atoms with Crippen molar-refractivity contribution in [2.24, 2.45) is 0 Å². The molecule has 4 nitrogen and oxygen atoms in total. The smallest absolute Gasteiger partial charge is 0.119 e. The first-order chi connectivity index (χ1) is 9.79. The van der Waals surface area contributed by atoms with Crippen LogP contribution < -0.4 is 10.1 Å². The molecule has 1 aliphatic heterocycles. The molecule has 1 aromatic carbocycles. The summed E-state index contributed by atoms with van der Waals surface area (Å²) in [5, 5.41) is 3.57. The van der Waals surface area contributed by atoms with Crippen LogP contribution in [0.5, 0.6) is 5.75 Å². The molecule has 20 heavy (non-hydrogen) atoms. The van der Waals surface area contributed by atoms with Gasteiger partial charge in [-0.15, -0.1) is 0 Å². The Kier molecular flexibility index (Phi) is 6.30. The fourth-order valence-corrected chi connectivity index (χ4v) is 2.40. The van der Waals surface area contributed by atoms with E-state index in [4.69, 9.17) is 9.47 Å². The predicted molar refractivity (Wildman–Crippen MR) is 81.3 cm³/mol. The zero-order valence-corrected chi connectivity index (χ0v) is 12.6. The van der Waals surface area contributed by atoms with Crippen LogP contribution in [0.25, 0.3) is 0 Å². The second-order valence-corrected chi connectivity index (χ2v) is 5.13. The average molecular weight is 278 g/mol. The number of nitrogens with one attached hydrogen (secondary N) is 1. The van der Waals surface area contributed by atoms with Gasteiger partial charge in [0.15, 0.2) is 0 Å². The summed E-state index contributed by atoms with van der Waals surface area (Å²) in [6.07, 6.45) is 0. The van der Waals surface area contributed by atoms with Gasteiger partial charge in [0.25, 0.3) is 0 Å². The summed E-state index contributed by atoms with van der Waals surface area (Å²) in [7, 11) is 0. The van der Waals surface area contributed by atoms with Gasteiger partial charge in [-0.25, -0.2) is 0 Å². The van der Waals surface area contributed by atoms with E-state index in [1.54, 1.807) is 0 Å². The SMILES string of the molecule is CCOc1ccc(C(C)NCCN2CCOCC2)cc1. The minimum Gasteiger partial charge on any atom is -0.494 e. The summed E-state index contributed by atoms with van der Waals surface area (Å²) in [6, 6.07) is 8.72. The first kappa shape index (κ1) is 15.3. The topological polar surface area (TPSA) is 33.7 Å². The molecule has 0 aromatic heterocycles. The van der Waals surface area contributed by atoms with Gasteiger partial charge in [-0.2, -0.15) is 0 Å². The normalized spacial score (nSPS) is 17.9. The van der Waals surface area contributed by atoms with E-state index in [2.05, 4.69) is 29.3 Å². The molecule has 0 saturated carbocycles. The molecule has 0 aliphatic carbocycles. The number of morpholine rings is 1. The minimum absolute atomic E-state index is 0.367. The fraction of sp³-hybridized carbons (Fsp3) is 0.625. The van der Waals surface area contributed by atoms with Gasteiger partial charge in [-0.05, 0) is 31.5 Å². The van der Waals surface area contributed by atoms with Crippen LogP contribution in [0.3, 0.4) is 0 Å². The van der Waals surface area contributed by atoms with Crippen molar-refractivity contribution in [3.8, 4) is 5.75 Å². The highest BCUT2D eigenvalue weighted by Gasteiger charge is 2.10. The number of nitrogens with zero attached hydrogens (tertiary/aromatic N) is 1. The van der Waals surface area contributed by atoms with Crippen LogP contribution in [0.4, 0.5) is 0 Å². The lowest BCUT2D eigenvalue weighted by molar-refractivity contribution is 0.0382. The largest absolute Gasteiger partial charge is 0.494 e. The molecule has 0 bridgehead atoms. The highest BCUT2D eigenvalue weighted by Crippen LogP contribution is 2.17. The lowest BCUT2D eigenvalue weighted by atomic mass is 10.1. The lowest BCUT2D eigenvalue weighted by Crippen LogP contribution is -2.40. The molecular weight excluding hydrogens is 252 g/mol. The molecule has 4 heteroatoms. The average Bonchev–Trinajstić information content (AvgIpc) is 2.49. The van der Waals surface area contributed by atoms with E-state index >= 15 is 0 Å². The van der Waals surface area contributed by atoms with Crippen LogP contribution in [-0.2, 0) is 4.74 Å². The van der Waals surface area contributed by atoms with Crippen LogP contribution in [0.15, 0.2) is 24.3 Å². The zero-order chi connectivity index (χ0) is 14.2. The summed E-state index contributed by atoms with van der Waals surface area (Å²) in [6.45, 7) is 10.9. The molecule has 1 aromatic rings. The van der Waals surface area contributed by atoms with E-state index in [9.17, 15) is 0 Å². The Morgan fingerprint density at radius 2 is 1.95 bits per heavy atom. The van der Waals surface area contributed by atoms with Gasteiger partial charge in [0.1, 0.15) is 5.75 Å². The third kappa shape index (κ3) is 4.78. The van der Waals surface area contributed by atoms with Crippen molar-refractivity contribution in [1.82, 2.24) is 10.2 Å². The molecule has 1 heterocycles. The molecule has 1 saturated heterocycles. The Hall–Kier alpha value is -1.10. The van der Waals surface area contributed by atoms with Gasteiger partial charge in [-0.3, -0.25) is 4.90 Å². The fourth-order valence-electron chi connectivity index (χ4n) is 2.40. The van der Waals surface area contributed by atoms with Gasteiger partial charge in [-0.1, -0.05) is 12.1 Å². The maximum Gasteiger partial charge on any atom is 0.119 e. The minimum atomic E-state index is 0.367. The maximum atomic E-state index is 5.46. The van der Waals surface area contributed by atoms with Crippen molar-refractivity contribution < 1.29 is 9.47 Å². The van der Waals surface area contributed by atoms with E-state index in [1.165, 1.54) is 5.56 Å². The van der Waals surface area contributed by atoms with Gasteiger partial charge in [0, 0.05) is 32.2 Å². The third-order valence-electron chi connectivity index (χ3n) is 3.67. The van der Waals surface area contributed by atoms with E-state index < -0.39 is 0 Å². The van der Waals surface area contributed by atoms with Crippen molar-refractivity contribution in [3.63, 3.8) is 0 Å². The molecule has 2 rings (SSSR count). The Morgan fingerprint density at radius 1 is 1.25 bits per heavy atom. The molecule has 0 spiro atoms. The van der Waals surface area contributed by atoms with E-state index in [0.29, 0.717) is 12.6 Å². The zero-order valence-electron chi connectivity index (χ0n) is 12.6.